The van der Waals surface area contributed by atoms with Crippen LogP contribution in [0.3, 0.4) is 0 Å². The number of pyridine rings is 1. The first-order chi connectivity index (χ1) is 16.1. The van der Waals surface area contributed by atoms with Crippen LogP contribution in [0.25, 0.3) is 10.8 Å². The number of nitrogens with zero attached hydrogens (tertiary/aromatic N) is 4. The molecular weight excluding hydrogens is 473 g/mol. The molecule has 0 atom stereocenters. The summed E-state index contributed by atoms with van der Waals surface area (Å²) in [5.41, 5.74) is -1.17. The molecule has 0 fully saturated rings. The van der Waals surface area contributed by atoms with Gasteiger partial charge in [0.15, 0.2) is 5.82 Å². The molecule has 0 saturated carbocycles. The number of rotatable bonds is 6. The number of methoxy groups -OCH3 is 2. The predicted molar refractivity (Wildman–Crippen MR) is 118 cm³/mol. The first-order valence-corrected chi connectivity index (χ1v) is 11.1. The maximum absolute atomic E-state index is 13.9. The second-order valence-corrected chi connectivity index (χ2v) is 8.74. The molecule has 34 heavy (non-hydrogen) atoms. The van der Waals surface area contributed by atoms with Crippen molar-refractivity contribution in [3.05, 3.63) is 72.8 Å². The summed E-state index contributed by atoms with van der Waals surface area (Å²) in [6.45, 7) is 0. The van der Waals surface area contributed by atoms with Gasteiger partial charge in [-0.1, -0.05) is 6.07 Å². The molecule has 2 heterocycles. The van der Waals surface area contributed by atoms with Crippen molar-refractivity contribution in [1.29, 1.82) is 0 Å². The van der Waals surface area contributed by atoms with E-state index >= 15 is 0 Å². The summed E-state index contributed by atoms with van der Waals surface area (Å²) >= 11 is 0. The van der Waals surface area contributed by atoms with Gasteiger partial charge in [-0.3, -0.25) is 4.98 Å². The van der Waals surface area contributed by atoms with Gasteiger partial charge < -0.3 is 9.47 Å². The predicted octanol–water partition coefficient (Wildman–Crippen LogP) is 4.59. The molecule has 4 rings (SSSR count). The van der Waals surface area contributed by atoms with Gasteiger partial charge >= 0.3 is 6.18 Å². The summed E-state index contributed by atoms with van der Waals surface area (Å²) in [7, 11) is -1.92. The largest absolute Gasteiger partial charge is 0.495 e. The van der Waals surface area contributed by atoms with Gasteiger partial charge in [0.2, 0.25) is 5.88 Å². The summed E-state index contributed by atoms with van der Waals surface area (Å²) in [6.07, 6.45) is -0.471. The number of anilines is 2. The van der Waals surface area contributed by atoms with Crippen molar-refractivity contribution in [1.82, 2.24) is 15.0 Å². The first-order valence-electron chi connectivity index (χ1n) is 9.65. The molecule has 0 unspecified atom stereocenters. The van der Waals surface area contributed by atoms with E-state index in [1.54, 1.807) is 18.3 Å². The fourth-order valence-corrected chi connectivity index (χ4v) is 4.76. The molecule has 176 valence electrons. The van der Waals surface area contributed by atoms with Crippen LogP contribution >= 0.6 is 0 Å². The van der Waals surface area contributed by atoms with Gasteiger partial charge in [-0.2, -0.15) is 13.2 Å². The van der Waals surface area contributed by atoms with E-state index in [1.807, 2.05) is 0 Å². The minimum Gasteiger partial charge on any atom is -0.495 e. The van der Waals surface area contributed by atoms with E-state index in [4.69, 9.17) is 9.47 Å². The van der Waals surface area contributed by atoms with Crippen LogP contribution in [-0.4, -0.2) is 37.6 Å². The maximum atomic E-state index is 13.9. The maximum Gasteiger partial charge on any atom is 0.416 e. The lowest BCUT2D eigenvalue weighted by atomic mass is 10.2. The zero-order chi connectivity index (χ0) is 24.5. The molecule has 2 aromatic carbocycles. The summed E-state index contributed by atoms with van der Waals surface area (Å²) < 4.78 is 78.6. The van der Waals surface area contributed by atoms with Gasteiger partial charge in [0.05, 0.1) is 24.7 Å². The Morgan fingerprint density at radius 3 is 2.41 bits per heavy atom. The number of hydrogen-bond acceptors (Lipinski definition) is 7. The highest BCUT2D eigenvalue weighted by molar-refractivity contribution is 7.93. The Labute approximate surface area is 192 Å². The quantitative estimate of drug-likeness (QED) is 0.390. The third-order valence-corrected chi connectivity index (χ3v) is 6.63. The van der Waals surface area contributed by atoms with Crippen molar-refractivity contribution in [2.45, 2.75) is 11.1 Å². The molecule has 0 aliphatic heterocycles. The number of hydrogen-bond donors (Lipinski definition) is 0. The van der Waals surface area contributed by atoms with Gasteiger partial charge in [-0.15, -0.1) is 0 Å². The highest BCUT2D eigenvalue weighted by atomic mass is 32.2. The zero-order valence-electron chi connectivity index (χ0n) is 17.8. The molecule has 4 aromatic rings. The third kappa shape index (κ3) is 4.31. The molecule has 0 spiro atoms. The van der Waals surface area contributed by atoms with Crippen LogP contribution in [0.1, 0.15) is 5.56 Å². The Morgan fingerprint density at radius 2 is 1.71 bits per heavy atom. The second-order valence-electron chi connectivity index (χ2n) is 6.96. The van der Waals surface area contributed by atoms with E-state index in [1.165, 1.54) is 31.5 Å². The summed E-state index contributed by atoms with van der Waals surface area (Å²) in [4.78, 5) is 11.8. The Balaban J connectivity index is 1.96. The highest BCUT2D eigenvalue weighted by Crippen LogP contribution is 2.41. The summed E-state index contributed by atoms with van der Waals surface area (Å²) in [5.74, 6) is -0.415. The zero-order valence-corrected chi connectivity index (χ0v) is 18.6. The lowest BCUT2D eigenvalue weighted by Crippen LogP contribution is -2.28. The van der Waals surface area contributed by atoms with Gasteiger partial charge in [0, 0.05) is 23.8 Å². The number of fused-ring (bicyclic) bond motifs is 1. The van der Waals surface area contributed by atoms with Gasteiger partial charge in [0.1, 0.15) is 17.8 Å². The minimum absolute atomic E-state index is 0.0562. The van der Waals surface area contributed by atoms with Crippen molar-refractivity contribution in [2.24, 2.45) is 0 Å². The molecule has 8 nitrogen and oxygen atoms in total. The van der Waals surface area contributed by atoms with Crippen LogP contribution in [0.5, 0.6) is 11.6 Å². The molecule has 0 N–H and O–H groups in total. The molecule has 0 bridgehead atoms. The van der Waals surface area contributed by atoms with Crippen molar-refractivity contribution in [2.75, 3.05) is 18.5 Å². The average Bonchev–Trinajstić information content (AvgIpc) is 2.83. The SMILES string of the molecule is COc1cc(N(c2ccc(C(F)(F)F)cc2OC)S(=O)(=O)c2ccc3cnccc3c2)ncn1. The monoisotopic (exact) mass is 490 g/mol. The normalized spacial score (nSPS) is 11.9. The molecule has 12 heteroatoms. The van der Waals surface area contributed by atoms with Crippen molar-refractivity contribution >= 4 is 32.3 Å². The number of halogens is 3. The Bertz CT molecular complexity index is 1460. The molecular formula is C22H17F3N4O4S. The fourth-order valence-electron chi connectivity index (χ4n) is 3.28. The minimum atomic E-state index is -4.65. The summed E-state index contributed by atoms with van der Waals surface area (Å²) in [5, 5.41) is 1.32. The molecule has 0 aliphatic rings. The van der Waals surface area contributed by atoms with Crippen molar-refractivity contribution in [3.8, 4) is 11.6 Å². The van der Waals surface area contributed by atoms with E-state index in [9.17, 15) is 21.6 Å². The van der Waals surface area contributed by atoms with E-state index in [0.717, 1.165) is 35.9 Å². The van der Waals surface area contributed by atoms with Crippen LogP contribution in [0.4, 0.5) is 24.7 Å². The number of aromatic nitrogens is 3. The highest BCUT2D eigenvalue weighted by Gasteiger charge is 2.35. The smallest absolute Gasteiger partial charge is 0.416 e. The van der Waals surface area contributed by atoms with Gasteiger partial charge in [-0.25, -0.2) is 22.7 Å². The van der Waals surface area contributed by atoms with Crippen LogP contribution < -0.4 is 13.8 Å². The van der Waals surface area contributed by atoms with Gasteiger partial charge in [-0.05, 0) is 41.8 Å². The Hall–Kier alpha value is -3.93. The average molecular weight is 490 g/mol. The van der Waals surface area contributed by atoms with Crippen LogP contribution in [0, 0.1) is 0 Å². The Kier molecular flexibility index (Phi) is 6.00. The topological polar surface area (TPSA) is 94.5 Å². The molecule has 0 amide bonds. The first kappa shape index (κ1) is 23.2. The summed E-state index contributed by atoms with van der Waals surface area (Å²) in [6, 6.07) is 9.80. The number of ether oxygens (including phenoxy) is 2. The van der Waals surface area contributed by atoms with E-state index in [-0.39, 0.29) is 28.0 Å². The molecule has 0 radical (unpaired) electrons. The standard InChI is InChI=1S/C22H17F3N4O4S/c1-32-19-10-16(22(23,24)25)4-6-18(19)29(20-11-21(33-2)28-13-27-20)34(30,31)17-5-3-15-12-26-8-7-14(15)9-17/h3-13H,1-2H3. The fraction of sp³-hybridized carbons (Fsp3) is 0.136. The van der Waals surface area contributed by atoms with Crippen LogP contribution in [0.15, 0.2) is 72.1 Å². The van der Waals surface area contributed by atoms with Crippen LogP contribution in [-0.2, 0) is 16.2 Å². The van der Waals surface area contributed by atoms with Gasteiger partial charge in [0.25, 0.3) is 10.0 Å². The number of benzene rings is 2. The molecule has 2 aromatic heterocycles. The second kappa shape index (κ2) is 8.78. The third-order valence-electron chi connectivity index (χ3n) is 4.92. The van der Waals surface area contributed by atoms with E-state index < -0.39 is 21.8 Å². The lowest BCUT2D eigenvalue weighted by Gasteiger charge is -2.26. The van der Waals surface area contributed by atoms with E-state index in [0.29, 0.717) is 10.8 Å². The van der Waals surface area contributed by atoms with Crippen LogP contribution in [0.2, 0.25) is 0 Å². The van der Waals surface area contributed by atoms with Crippen molar-refractivity contribution < 1.29 is 31.1 Å². The molecule has 0 aliphatic carbocycles. The van der Waals surface area contributed by atoms with Crippen molar-refractivity contribution in [3.63, 3.8) is 0 Å². The lowest BCUT2D eigenvalue weighted by molar-refractivity contribution is -0.137. The number of alkyl halides is 3. The number of sulfonamides is 1. The molecule has 0 saturated heterocycles. The Morgan fingerprint density at radius 1 is 0.912 bits per heavy atom. The van der Waals surface area contributed by atoms with E-state index in [2.05, 4.69) is 15.0 Å².